The highest BCUT2D eigenvalue weighted by Gasteiger charge is 2.21. The Morgan fingerprint density at radius 3 is 2.42 bits per heavy atom. The second-order valence-electron chi connectivity index (χ2n) is 4.47. The van der Waals surface area contributed by atoms with Gasteiger partial charge in [-0.1, -0.05) is 12.1 Å². The van der Waals surface area contributed by atoms with Gasteiger partial charge in [0.25, 0.3) is 0 Å². The van der Waals surface area contributed by atoms with Crippen molar-refractivity contribution in [3.63, 3.8) is 0 Å². The van der Waals surface area contributed by atoms with Gasteiger partial charge in [0, 0.05) is 18.8 Å². The first-order chi connectivity index (χ1) is 8.77. The summed E-state index contributed by atoms with van der Waals surface area (Å²) in [7, 11) is -3.34. The van der Waals surface area contributed by atoms with E-state index >= 15 is 0 Å². The van der Waals surface area contributed by atoms with E-state index in [0.717, 1.165) is 6.26 Å². The van der Waals surface area contributed by atoms with Crippen molar-refractivity contribution in [3.05, 3.63) is 24.3 Å². The minimum absolute atomic E-state index is 0.0358. The largest absolute Gasteiger partial charge is 0.481 e. The number of rotatable bonds is 6. The highest BCUT2D eigenvalue weighted by atomic mass is 32.2. The van der Waals surface area contributed by atoms with E-state index in [9.17, 15) is 13.2 Å². The zero-order valence-electron chi connectivity index (χ0n) is 11.3. The number of hydrogen-bond donors (Lipinski definition) is 1. The Hall–Kier alpha value is -1.56. The van der Waals surface area contributed by atoms with Gasteiger partial charge < -0.3 is 10.0 Å². The lowest BCUT2D eigenvalue weighted by Gasteiger charge is -2.30. The molecule has 1 unspecified atom stereocenters. The topological polar surface area (TPSA) is 74.7 Å². The Bertz CT molecular complexity index is 554. The number of anilines is 1. The lowest BCUT2D eigenvalue weighted by molar-refractivity contribution is -0.137. The molecule has 1 aromatic rings. The summed E-state index contributed by atoms with van der Waals surface area (Å²) >= 11 is 0. The molecule has 5 nitrogen and oxygen atoms in total. The summed E-state index contributed by atoms with van der Waals surface area (Å²) in [4.78, 5) is 12.8. The summed E-state index contributed by atoms with van der Waals surface area (Å²) < 4.78 is 23.6. The highest BCUT2D eigenvalue weighted by Crippen LogP contribution is 2.27. The molecule has 1 N–H and O–H groups in total. The molecule has 0 amide bonds. The van der Waals surface area contributed by atoms with Crippen molar-refractivity contribution < 1.29 is 18.3 Å². The summed E-state index contributed by atoms with van der Waals surface area (Å²) in [5.41, 5.74) is 0.557. The van der Waals surface area contributed by atoms with Crippen molar-refractivity contribution in [2.75, 3.05) is 17.7 Å². The van der Waals surface area contributed by atoms with Crippen LogP contribution in [0.4, 0.5) is 5.69 Å². The first kappa shape index (κ1) is 15.5. The van der Waals surface area contributed by atoms with Crippen LogP contribution in [-0.4, -0.2) is 38.3 Å². The van der Waals surface area contributed by atoms with E-state index in [2.05, 4.69) is 0 Å². The average Bonchev–Trinajstić information content (AvgIpc) is 2.28. The number of aliphatic carboxylic acids is 1. The van der Waals surface area contributed by atoms with Crippen molar-refractivity contribution in [2.45, 2.75) is 31.2 Å². The maximum Gasteiger partial charge on any atom is 0.305 e. The van der Waals surface area contributed by atoms with E-state index < -0.39 is 15.8 Å². The van der Waals surface area contributed by atoms with Crippen LogP contribution >= 0.6 is 0 Å². The number of benzene rings is 1. The maximum atomic E-state index is 11.8. The molecule has 6 heteroatoms. The number of carboxylic acids is 1. The third-order valence-electron chi connectivity index (χ3n) is 2.92. The van der Waals surface area contributed by atoms with Crippen LogP contribution in [0.1, 0.15) is 20.3 Å². The van der Waals surface area contributed by atoms with Gasteiger partial charge in [-0.2, -0.15) is 0 Å². The SMILES string of the molecule is CCN(c1ccccc1S(C)(=O)=O)C(C)CC(=O)O. The monoisotopic (exact) mass is 285 g/mol. The first-order valence-electron chi connectivity index (χ1n) is 6.05. The second kappa shape index (κ2) is 6.06. The van der Waals surface area contributed by atoms with Crippen LogP contribution in [-0.2, 0) is 14.6 Å². The predicted octanol–water partition coefficient (Wildman–Crippen LogP) is 1.78. The lowest BCUT2D eigenvalue weighted by atomic mass is 10.1. The van der Waals surface area contributed by atoms with Crippen LogP contribution < -0.4 is 4.90 Å². The van der Waals surface area contributed by atoms with Crippen molar-refractivity contribution in [2.24, 2.45) is 0 Å². The van der Waals surface area contributed by atoms with Gasteiger partial charge in [0.15, 0.2) is 9.84 Å². The Balaban J connectivity index is 3.23. The maximum absolute atomic E-state index is 11.8. The number of carboxylic acid groups (broad SMARTS) is 1. The number of para-hydroxylation sites is 1. The minimum Gasteiger partial charge on any atom is -0.481 e. The van der Waals surface area contributed by atoms with Crippen LogP contribution in [0.3, 0.4) is 0 Å². The Labute approximate surface area is 113 Å². The van der Waals surface area contributed by atoms with Gasteiger partial charge in [0.2, 0.25) is 0 Å². The summed E-state index contributed by atoms with van der Waals surface area (Å²) in [6, 6.07) is 6.39. The molecule has 1 atom stereocenters. The number of carbonyl (C=O) groups is 1. The van der Waals surface area contributed by atoms with E-state index in [-0.39, 0.29) is 17.4 Å². The van der Waals surface area contributed by atoms with Crippen molar-refractivity contribution in [1.82, 2.24) is 0 Å². The molecule has 19 heavy (non-hydrogen) atoms. The molecule has 1 aromatic carbocycles. The van der Waals surface area contributed by atoms with Gasteiger partial charge in [-0.05, 0) is 26.0 Å². The molecule has 0 saturated heterocycles. The van der Waals surface area contributed by atoms with Gasteiger partial charge in [0.1, 0.15) is 0 Å². The molecule has 0 saturated carbocycles. The predicted molar refractivity (Wildman–Crippen MR) is 74.3 cm³/mol. The molecular formula is C13H19NO4S. The van der Waals surface area contributed by atoms with E-state index in [0.29, 0.717) is 12.2 Å². The third kappa shape index (κ3) is 3.96. The molecule has 0 bridgehead atoms. The molecule has 0 fully saturated rings. The Morgan fingerprint density at radius 1 is 1.37 bits per heavy atom. The van der Waals surface area contributed by atoms with Gasteiger partial charge in [0.05, 0.1) is 17.0 Å². The fourth-order valence-corrected chi connectivity index (χ4v) is 2.98. The summed E-state index contributed by atoms with van der Waals surface area (Å²) in [6.07, 6.45) is 1.12. The standard InChI is InChI=1S/C13H19NO4S/c1-4-14(10(2)9-13(15)16)11-7-5-6-8-12(11)19(3,17)18/h5-8,10H,4,9H2,1-3H3,(H,15,16). The molecule has 1 rings (SSSR count). The van der Waals surface area contributed by atoms with Gasteiger partial charge in [-0.15, -0.1) is 0 Å². The summed E-state index contributed by atoms with van der Waals surface area (Å²) in [5.74, 6) is -0.900. The van der Waals surface area contributed by atoms with Gasteiger partial charge in [-0.25, -0.2) is 8.42 Å². The molecule has 0 radical (unpaired) electrons. The fourth-order valence-electron chi connectivity index (χ4n) is 2.09. The summed E-state index contributed by atoms with van der Waals surface area (Å²) in [6.45, 7) is 4.19. The van der Waals surface area contributed by atoms with Crippen LogP contribution in [0.25, 0.3) is 0 Å². The van der Waals surface area contributed by atoms with Gasteiger partial charge >= 0.3 is 5.97 Å². The zero-order chi connectivity index (χ0) is 14.6. The van der Waals surface area contributed by atoms with Crippen LogP contribution in [0.5, 0.6) is 0 Å². The molecule has 0 aliphatic carbocycles. The zero-order valence-corrected chi connectivity index (χ0v) is 12.1. The first-order valence-corrected chi connectivity index (χ1v) is 7.94. The smallest absolute Gasteiger partial charge is 0.305 e. The van der Waals surface area contributed by atoms with Gasteiger partial charge in [-0.3, -0.25) is 4.79 Å². The summed E-state index contributed by atoms with van der Waals surface area (Å²) in [5, 5.41) is 8.86. The van der Waals surface area contributed by atoms with E-state index in [1.165, 1.54) is 0 Å². The normalized spacial score (nSPS) is 13.0. The second-order valence-corrected chi connectivity index (χ2v) is 6.46. The minimum atomic E-state index is -3.34. The molecular weight excluding hydrogens is 266 g/mol. The molecule has 106 valence electrons. The molecule has 0 heterocycles. The van der Waals surface area contributed by atoms with Crippen LogP contribution in [0.15, 0.2) is 29.2 Å². The molecule has 0 aromatic heterocycles. The average molecular weight is 285 g/mol. The quantitative estimate of drug-likeness (QED) is 0.862. The van der Waals surface area contributed by atoms with Crippen LogP contribution in [0, 0.1) is 0 Å². The van der Waals surface area contributed by atoms with E-state index in [1.54, 1.807) is 36.1 Å². The fraction of sp³-hybridized carbons (Fsp3) is 0.462. The number of sulfone groups is 1. The van der Waals surface area contributed by atoms with E-state index in [4.69, 9.17) is 5.11 Å². The van der Waals surface area contributed by atoms with Crippen LogP contribution in [0.2, 0.25) is 0 Å². The third-order valence-corrected chi connectivity index (χ3v) is 4.06. The van der Waals surface area contributed by atoms with Crippen molar-refractivity contribution >= 4 is 21.5 Å². The number of nitrogens with zero attached hydrogens (tertiary/aromatic N) is 1. The number of hydrogen-bond acceptors (Lipinski definition) is 4. The Kier molecular flexibility index (Phi) is 4.94. The lowest BCUT2D eigenvalue weighted by Crippen LogP contribution is -2.35. The molecule has 0 spiro atoms. The Morgan fingerprint density at radius 2 is 1.95 bits per heavy atom. The van der Waals surface area contributed by atoms with Crippen molar-refractivity contribution in [3.8, 4) is 0 Å². The molecule has 0 aliphatic heterocycles. The van der Waals surface area contributed by atoms with Crippen molar-refractivity contribution in [1.29, 1.82) is 0 Å². The highest BCUT2D eigenvalue weighted by molar-refractivity contribution is 7.90. The van der Waals surface area contributed by atoms with E-state index in [1.807, 2.05) is 6.92 Å². The molecule has 0 aliphatic rings.